The van der Waals surface area contributed by atoms with Crippen LogP contribution in [0.25, 0.3) is 0 Å². The zero-order valence-electron chi connectivity index (χ0n) is 12.3. The molecular weight excluding hydrogens is 272 g/mol. The second kappa shape index (κ2) is 6.07. The smallest absolute Gasteiger partial charge is 0.309 e. The molecule has 0 bridgehead atoms. The van der Waals surface area contributed by atoms with Gasteiger partial charge in [0, 0.05) is 32.5 Å². The number of aromatic nitrogens is 2. The first-order valence-electron chi connectivity index (χ1n) is 6.92. The molecule has 0 spiro atoms. The monoisotopic (exact) mass is 292 g/mol. The molecule has 0 aromatic carbocycles. The van der Waals surface area contributed by atoms with Crippen molar-refractivity contribution < 1.29 is 14.7 Å². The molecule has 1 fully saturated rings. The molecule has 0 radical (unpaired) electrons. The van der Waals surface area contributed by atoms with Crippen LogP contribution in [-0.2, 0) is 9.59 Å². The van der Waals surface area contributed by atoms with E-state index in [0.29, 0.717) is 31.9 Å². The number of rotatable bonds is 4. The Morgan fingerprint density at radius 1 is 1.33 bits per heavy atom. The van der Waals surface area contributed by atoms with E-state index in [2.05, 4.69) is 9.97 Å². The van der Waals surface area contributed by atoms with Crippen molar-refractivity contribution in [2.45, 2.75) is 19.8 Å². The number of piperidine rings is 1. The predicted molar refractivity (Wildman–Crippen MR) is 76.9 cm³/mol. The van der Waals surface area contributed by atoms with E-state index in [0.717, 1.165) is 0 Å². The zero-order chi connectivity index (χ0) is 15.5. The fourth-order valence-corrected chi connectivity index (χ4v) is 2.33. The van der Waals surface area contributed by atoms with Crippen molar-refractivity contribution in [2.24, 2.45) is 5.41 Å². The number of carbonyl (C=O) groups is 2. The fraction of sp³-hybridized carbons (Fsp3) is 0.571. The number of carboxylic acids is 1. The second-order valence-corrected chi connectivity index (χ2v) is 5.65. The highest BCUT2D eigenvalue weighted by atomic mass is 16.4. The Bertz CT molecular complexity index is 512. The molecule has 7 heteroatoms. The SMILES string of the molecule is CN(CC(=O)N1CCC(C)(C(=O)O)CC1)c1ncccn1. The summed E-state index contributed by atoms with van der Waals surface area (Å²) < 4.78 is 0. The van der Waals surface area contributed by atoms with Gasteiger partial charge in [-0.2, -0.15) is 0 Å². The maximum Gasteiger partial charge on any atom is 0.309 e. The summed E-state index contributed by atoms with van der Waals surface area (Å²) in [5, 5.41) is 9.19. The van der Waals surface area contributed by atoms with Gasteiger partial charge < -0.3 is 14.9 Å². The molecule has 1 saturated heterocycles. The average Bonchev–Trinajstić information content (AvgIpc) is 2.48. The minimum Gasteiger partial charge on any atom is -0.481 e. The van der Waals surface area contributed by atoms with Crippen molar-refractivity contribution in [3.63, 3.8) is 0 Å². The molecular formula is C14H20N4O3. The van der Waals surface area contributed by atoms with Crippen LogP contribution in [0.3, 0.4) is 0 Å². The van der Waals surface area contributed by atoms with Gasteiger partial charge in [-0.05, 0) is 25.8 Å². The molecule has 1 aromatic rings. The molecule has 0 aliphatic carbocycles. The maximum absolute atomic E-state index is 12.2. The number of nitrogens with zero attached hydrogens (tertiary/aromatic N) is 4. The fourth-order valence-electron chi connectivity index (χ4n) is 2.33. The van der Waals surface area contributed by atoms with Crippen molar-refractivity contribution in [1.82, 2.24) is 14.9 Å². The summed E-state index contributed by atoms with van der Waals surface area (Å²) in [5.74, 6) is -0.319. The maximum atomic E-state index is 12.2. The molecule has 7 nitrogen and oxygen atoms in total. The highest BCUT2D eigenvalue weighted by molar-refractivity contribution is 5.81. The highest BCUT2D eigenvalue weighted by Crippen LogP contribution is 2.31. The van der Waals surface area contributed by atoms with Crippen molar-refractivity contribution in [3.05, 3.63) is 18.5 Å². The number of aliphatic carboxylic acids is 1. The van der Waals surface area contributed by atoms with E-state index in [-0.39, 0.29) is 12.5 Å². The van der Waals surface area contributed by atoms with Crippen molar-refractivity contribution in [1.29, 1.82) is 0 Å². The number of carbonyl (C=O) groups excluding carboxylic acids is 1. The normalized spacial score (nSPS) is 17.3. The minimum absolute atomic E-state index is 0.0302. The van der Waals surface area contributed by atoms with E-state index >= 15 is 0 Å². The number of likely N-dealkylation sites (tertiary alicyclic amines) is 1. The summed E-state index contributed by atoms with van der Waals surface area (Å²) in [6.07, 6.45) is 4.23. The van der Waals surface area contributed by atoms with Crippen molar-refractivity contribution in [3.8, 4) is 0 Å². The van der Waals surface area contributed by atoms with E-state index in [1.807, 2.05) is 0 Å². The molecule has 1 aromatic heterocycles. The van der Waals surface area contributed by atoms with Gasteiger partial charge in [0.25, 0.3) is 0 Å². The first-order chi connectivity index (χ1) is 9.92. The summed E-state index contributed by atoms with van der Waals surface area (Å²) in [7, 11) is 1.76. The molecule has 1 N–H and O–H groups in total. The van der Waals surface area contributed by atoms with Crippen LogP contribution in [-0.4, -0.2) is 58.5 Å². The summed E-state index contributed by atoms with van der Waals surface area (Å²) in [4.78, 5) is 35.0. The minimum atomic E-state index is -0.788. The van der Waals surface area contributed by atoms with Crippen LogP contribution in [0.4, 0.5) is 5.95 Å². The van der Waals surface area contributed by atoms with Gasteiger partial charge in [0.05, 0.1) is 12.0 Å². The highest BCUT2D eigenvalue weighted by Gasteiger charge is 2.38. The van der Waals surface area contributed by atoms with Gasteiger partial charge in [-0.3, -0.25) is 9.59 Å². The number of amides is 1. The second-order valence-electron chi connectivity index (χ2n) is 5.65. The predicted octanol–water partition coefficient (Wildman–Crippen LogP) is 0.626. The number of hydrogen-bond donors (Lipinski definition) is 1. The van der Waals surface area contributed by atoms with Gasteiger partial charge in [0.15, 0.2) is 0 Å². The molecule has 1 aliphatic rings. The van der Waals surface area contributed by atoms with Gasteiger partial charge in [-0.25, -0.2) is 9.97 Å². The lowest BCUT2D eigenvalue weighted by Crippen LogP contribution is -2.48. The van der Waals surface area contributed by atoms with Gasteiger partial charge in [-0.15, -0.1) is 0 Å². The number of likely N-dealkylation sites (N-methyl/N-ethyl adjacent to an activating group) is 1. The number of anilines is 1. The van der Waals surface area contributed by atoms with Crippen LogP contribution in [0, 0.1) is 5.41 Å². The molecule has 1 aliphatic heterocycles. The third-order valence-corrected chi connectivity index (χ3v) is 4.00. The number of carboxylic acid groups (broad SMARTS) is 1. The van der Waals surface area contributed by atoms with Crippen LogP contribution in [0.1, 0.15) is 19.8 Å². The third-order valence-electron chi connectivity index (χ3n) is 4.00. The Morgan fingerprint density at radius 3 is 2.43 bits per heavy atom. The first kappa shape index (κ1) is 15.2. The summed E-state index contributed by atoms with van der Waals surface area (Å²) in [6.45, 7) is 2.88. The third kappa shape index (κ3) is 3.48. The first-order valence-corrected chi connectivity index (χ1v) is 6.92. The Morgan fingerprint density at radius 2 is 1.90 bits per heavy atom. The van der Waals surface area contributed by atoms with E-state index < -0.39 is 11.4 Å². The molecule has 0 atom stereocenters. The lowest BCUT2D eigenvalue weighted by atomic mass is 9.80. The lowest BCUT2D eigenvalue weighted by Gasteiger charge is -2.37. The van der Waals surface area contributed by atoms with Gasteiger partial charge >= 0.3 is 5.97 Å². The van der Waals surface area contributed by atoms with Crippen LogP contribution in [0.5, 0.6) is 0 Å². The lowest BCUT2D eigenvalue weighted by molar-refractivity contribution is -0.152. The Kier molecular flexibility index (Phi) is 4.40. The van der Waals surface area contributed by atoms with E-state index in [4.69, 9.17) is 0 Å². The molecule has 2 heterocycles. The van der Waals surface area contributed by atoms with Crippen molar-refractivity contribution in [2.75, 3.05) is 31.6 Å². The molecule has 21 heavy (non-hydrogen) atoms. The Hall–Kier alpha value is -2.18. The molecule has 114 valence electrons. The van der Waals surface area contributed by atoms with E-state index in [1.54, 1.807) is 42.2 Å². The van der Waals surface area contributed by atoms with E-state index in [1.165, 1.54) is 0 Å². The Balaban J connectivity index is 1.89. The standard InChI is InChI=1S/C14H20N4O3/c1-14(12(20)21)4-8-18(9-5-14)11(19)10-17(2)13-15-6-3-7-16-13/h3,6-7H,4-5,8-10H2,1-2H3,(H,20,21). The molecule has 0 unspecified atom stereocenters. The summed E-state index contributed by atoms with van der Waals surface area (Å²) in [5.41, 5.74) is -0.717. The quantitative estimate of drug-likeness (QED) is 0.875. The Labute approximate surface area is 123 Å². The molecule has 0 saturated carbocycles. The topological polar surface area (TPSA) is 86.6 Å². The van der Waals surface area contributed by atoms with Crippen LogP contribution < -0.4 is 4.90 Å². The van der Waals surface area contributed by atoms with Gasteiger partial charge in [0.1, 0.15) is 0 Å². The molecule has 2 rings (SSSR count). The van der Waals surface area contributed by atoms with Crippen LogP contribution in [0.2, 0.25) is 0 Å². The largest absolute Gasteiger partial charge is 0.481 e. The summed E-state index contributed by atoms with van der Waals surface area (Å²) in [6, 6.07) is 1.72. The summed E-state index contributed by atoms with van der Waals surface area (Å²) >= 11 is 0. The number of hydrogen-bond acceptors (Lipinski definition) is 5. The van der Waals surface area contributed by atoms with E-state index in [9.17, 15) is 14.7 Å². The van der Waals surface area contributed by atoms with Crippen molar-refractivity contribution >= 4 is 17.8 Å². The van der Waals surface area contributed by atoms with Gasteiger partial charge in [-0.1, -0.05) is 0 Å². The van der Waals surface area contributed by atoms with Crippen LogP contribution in [0.15, 0.2) is 18.5 Å². The average molecular weight is 292 g/mol. The molecule has 1 amide bonds. The van der Waals surface area contributed by atoms with Crippen LogP contribution >= 0.6 is 0 Å². The zero-order valence-corrected chi connectivity index (χ0v) is 12.3. The van der Waals surface area contributed by atoms with Gasteiger partial charge in [0.2, 0.25) is 11.9 Å².